The molecular weight excluding hydrogens is 1410 g/mol. The van der Waals surface area contributed by atoms with E-state index in [0.29, 0.717) is 0 Å². The number of rotatable bonds is 24. The molecule has 0 aromatic carbocycles. The van der Waals surface area contributed by atoms with E-state index in [-0.39, 0.29) is 0 Å². The lowest BCUT2D eigenvalue weighted by Crippen LogP contribution is -2.72. The van der Waals surface area contributed by atoms with E-state index in [1.165, 1.54) is 20.8 Å². The number of carbonyl (C=O) groups excluding carboxylic acids is 2. The number of aliphatic hydroxyl groups is 24. The Bertz CT molecular complexity index is 2660. The molecule has 9 aliphatic heterocycles. The summed E-state index contributed by atoms with van der Waals surface area (Å²) in [7, 11) is 0. The molecule has 45 atom stereocenters. The molecule has 0 aromatic rings. The van der Waals surface area contributed by atoms with Gasteiger partial charge in [0.1, 0.15) is 201 Å². The van der Waals surface area contributed by atoms with Gasteiger partial charge in [0.15, 0.2) is 56.6 Å². The number of nitrogens with one attached hydrogen (secondary N) is 2. The monoisotopic (exact) mass is 1510 g/mol. The third kappa shape index (κ3) is 17.9. The maximum atomic E-state index is 13.6. The molecule has 0 unspecified atom stereocenters. The Hall–Kier alpha value is -2.70. The molecule has 598 valence electrons. The summed E-state index contributed by atoms with van der Waals surface area (Å²) in [6, 6.07) is -4.05. The van der Waals surface area contributed by atoms with Crippen LogP contribution in [0.25, 0.3) is 0 Å². The molecule has 9 aliphatic rings. The van der Waals surface area contributed by atoms with Crippen molar-refractivity contribution in [2.24, 2.45) is 0 Å². The topological polar surface area (TPSA) is 701 Å². The first-order valence-corrected chi connectivity index (χ1v) is 33.2. The highest BCUT2D eigenvalue weighted by Crippen LogP contribution is 2.41. The van der Waals surface area contributed by atoms with Crippen molar-refractivity contribution in [2.45, 2.75) is 311 Å². The molecule has 0 spiro atoms. The van der Waals surface area contributed by atoms with Gasteiger partial charge in [0, 0.05) is 13.8 Å². The molecule has 45 heteroatoms. The van der Waals surface area contributed by atoms with Crippen molar-refractivity contribution in [3.05, 3.63) is 0 Å². The van der Waals surface area contributed by atoms with Crippen LogP contribution < -0.4 is 10.6 Å². The van der Waals surface area contributed by atoms with Crippen LogP contribution >= 0.6 is 0 Å². The van der Waals surface area contributed by atoms with Gasteiger partial charge in [-0.25, -0.2) is 0 Å². The Kier molecular flexibility index (Phi) is 29.5. The first kappa shape index (κ1) is 84.3. The number of amides is 2. The van der Waals surface area contributed by atoms with E-state index < -0.39 is 328 Å². The van der Waals surface area contributed by atoms with E-state index in [9.17, 15) is 132 Å². The molecule has 9 rings (SSSR count). The third-order valence-corrected chi connectivity index (χ3v) is 19.5. The van der Waals surface area contributed by atoms with Crippen LogP contribution in [0.1, 0.15) is 34.6 Å². The molecule has 103 heavy (non-hydrogen) atoms. The fourth-order valence-electron chi connectivity index (χ4n) is 13.6. The maximum Gasteiger partial charge on any atom is 0.217 e. The standard InChI is InChI=1S/C58H98N2O43/c1-12-25(69)31(75)37(81)53(87-12)97-44-22(11-66)95-52(24(60-16(5)68)46(44)100-58-49(34(78)28(72)17(6-61)93-58)103-55-39(83)33(77)27(71)14(3)89-55)102-48-30(74)19(8-63)92-57(41(48)85)98-43-21(10-65)94-51(23(59-15(4)67)45(43)99-54-38(82)32(76)26(70)13(2)88-54)101-47-29(73)18(7-62)91-56(40(47)84)96-42-20(9-64)90-50(86)36(80)35(42)79/h12-14,17-58,61-66,69-86H,6-11H2,1-5H3,(H,59,67)(H,60,68)/t12-,13-,14-,17+,18+,19+,20+,21+,22+,23+,24+,25+,26+,27+,28-,29-,30-,31+,32+,33+,34-,35+,36+,37-,38-,39-,40+,41+,42+,43+,44+,45+,46+,47-,48-,49+,50-,51-,52-,53-,54-,55-,56-,57-,58-/m0/s1. The number of carbonyl (C=O) groups is 2. The minimum Gasteiger partial charge on any atom is -0.394 e. The quantitative estimate of drug-likeness (QED) is 0.0427. The number of hydrogen-bond donors (Lipinski definition) is 26. The van der Waals surface area contributed by atoms with Crippen molar-refractivity contribution in [3.8, 4) is 0 Å². The second-order valence-corrected chi connectivity index (χ2v) is 26.6. The second-order valence-electron chi connectivity index (χ2n) is 26.6. The van der Waals surface area contributed by atoms with Gasteiger partial charge in [-0.15, -0.1) is 0 Å². The normalized spacial score (nSPS) is 52.3. The highest BCUT2D eigenvalue weighted by molar-refractivity contribution is 5.73. The molecule has 45 nitrogen and oxygen atoms in total. The van der Waals surface area contributed by atoms with E-state index in [1.807, 2.05) is 0 Å². The average molecular weight is 1510 g/mol. The van der Waals surface area contributed by atoms with Crippen LogP contribution in [-0.4, -0.2) is 450 Å². The van der Waals surface area contributed by atoms with Gasteiger partial charge in [-0.3, -0.25) is 9.59 Å². The molecule has 0 aromatic heterocycles. The maximum absolute atomic E-state index is 13.6. The first-order valence-electron chi connectivity index (χ1n) is 33.2. The molecule has 9 fully saturated rings. The van der Waals surface area contributed by atoms with Crippen molar-refractivity contribution >= 4 is 11.8 Å². The molecule has 9 saturated heterocycles. The third-order valence-electron chi connectivity index (χ3n) is 19.5. The van der Waals surface area contributed by atoms with Crippen LogP contribution in [0.5, 0.6) is 0 Å². The van der Waals surface area contributed by atoms with Crippen molar-refractivity contribution in [2.75, 3.05) is 39.6 Å². The lowest BCUT2D eigenvalue weighted by Gasteiger charge is -2.53. The summed E-state index contributed by atoms with van der Waals surface area (Å²) in [6.07, 6.45) is -86.4. The number of aliphatic hydroxyl groups excluding tert-OH is 24. The molecule has 0 bridgehead atoms. The minimum absolute atomic E-state index is 0.929. The molecule has 0 radical (unpaired) electrons. The summed E-state index contributed by atoms with van der Waals surface area (Å²) in [5, 5.41) is 270. The molecule has 0 aliphatic carbocycles. The van der Waals surface area contributed by atoms with Gasteiger partial charge < -0.3 is 214 Å². The van der Waals surface area contributed by atoms with Crippen LogP contribution in [0.4, 0.5) is 0 Å². The van der Waals surface area contributed by atoms with Gasteiger partial charge >= 0.3 is 0 Å². The second kappa shape index (κ2) is 36.0. The predicted molar refractivity (Wildman–Crippen MR) is 316 cm³/mol. The zero-order valence-electron chi connectivity index (χ0n) is 55.7. The Morgan fingerprint density at radius 1 is 0.252 bits per heavy atom. The van der Waals surface area contributed by atoms with Gasteiger partial charge in [0.2, 0.25) is 11.8 Å². The summed E-state index contributed by atoms with van der Waals surface area (Å²) in [6.45, 7) is -1.14. The van der Waals surface area contributed by atoms with Crippen LogP contribution in [-0.2, 0) is 90.1 Å². The lowest BCUT2D eigenvalue weighted by atomic mass is 9.93. The Morgan fingerprint density at radius 3 is 0.883 bits per heavy atom. The van der Waals surface area contributed by atoms with Crippen molar-refractivity contribution < 1.29 is 213 Å². The minimum atomic E-state index is -2.50. The van der Waals surface area contributed by atoms with E-state index in [0.717, 1.165) is 13.8 Å². The van der Waals surface area contributed by atoms with Gasteiger partial charge in [-0.1, -0.05) is 0 Å². The van der Waals surface area contributed by atoms with Crippen LogP contribution in [0.3, 0.4) is 0 Å². The Balaban J connectivity index is 1.07. The Morgan fingerprint density at radius 2 is 0.524 bits per heavy atom. The number of hydrogen-bond acceptors (Lipinski definition) is 43. The van der Waals surface area contributed by atoms with E-state index in [1.54, 1.807) is 0 Å². The molecular formula is C58H98N2O43. The zero-order chi connectivity index (χ0) is 75.8. The molecule has 0 saturated carbocycles. The summed E-state index contributed by atoms with van der Waals surface area (Å²) in [5.41, 5.74) is 0. The van der Waals surface area contributed by atoms with E-state index in [2.05, 4.69) is 10.6 Å². The van der Waals surface area contributed by atoms with E-state index >= 15 is 0 Å². The smallest absolute Gasteiger partial charge is 0.217 e. The van der Waals surface area contributed by atoms with Gasteiger partial charge in [0.25, 0.3) is 0 Å². The molecule has 26 N–H and O–H groups in total. The summed E-state index contributed by atoms with van der Waals surface area (Å²) in [5.74, 6) is -1.99. The average Bonchev–Trinajstić information content (AvgIpc) is 0.760. The van der Waals surface area contributed by atoms with E-state index in [4.69, 9.17) is 80.5 Å². The molecule has 9 heterocycles. The SMILES string of the molecule is CC(=O)N[C@H]1[C@H](O[C@H]2[C@@H](O)[C@@H](CO)O[C@@H](O[C@H]3[C@H](O[C@@H]4O[C@@H](C)[C@@H](O)[C@@H](O)[C@@H]4O)[C@@H](NC(C)=O)[C@H](O[C@H]4[C@@H](O)[C@@H](CO)O[C@@H](O[C@H]5[C@H](O)[C@@H](O)[C@@H](O)O[C@@H]5CO)[C@@H]4O)O[C@@H]3CO)[C@@H]2O)O[C@H](CO)[C@@H](O[C@@H]2O[C@@H](C)[C@@H](O)[C@@H](O)[C@@H]2O)[C@@H]1O[C@@H]1O[C@H](CO)[C@H](O)[C@H](O)[C@H]1O[C@@H]1O[C@@H](C)[C@@H](O)[C@@H](O)[C@@H]1O. The highest BCUT2D eigenvalue weighted by atomic mass is 16.8. The summed E-state index contributed by atoms with van der Waals surface area (Å²) < 4.78 is 102. The molecule has 2 amide bonds. The highest BCUT2D eigenvalue weighted by Gasteiger charge is 2.62. The van der Waals surface area contributed by atoms with Gasteiger partial charge in [0.05, 0.1) is 58.0 Å². The zero-order valence-corrected chi connectivity index (χ0v) is 55.7. The summed E-state index contributed by atoms with van der Waals surface area (Å²) in [4.78, 5) is 27.0. The van der Waals surface area contributed by atoms with Crippen molar-refractivity contribution in [1.82, 2.24) is 10.6 Å². The van der Waals surface area contributed by atoms with Crippen LogP contribution in [0.15, 0.2) is 0 Å². The predicted octanol–water partition coefficient (Wildman–Crippen LogP) is -17.3. The lowest BCUT2D eigenvalue weighted by molar-refractivity contribution is -0.404. The number of ether oxygens (including phenoxy) is 17. The van der Waals surface area contributed by atoms with Gasteiger partial charge in [-0.05, 0) is 20.8 Å². The van der Waals surface area contributed by atoms with Crippen molar-refractivity contribution in [1.29, 1.82) is 0 Å². The summed E-state index contributed by atoms with van der Waals surface area (Å²) >= 11 is 0. The fraction of sp³-hybridized carbons (Fsp3) is 0.966. The Labute approximate surface area is 584 Å². The van der Waals surface area contributed by atoms with Crippen molar-refractivity contribution in [3.63, 3.8) is 0 Å². The van der Waals surface area contributed by atoms with Crippen LogP contribution in [0.2, 0.25) is 0 Å². The fourth-order valence-corrected chi connectivity index (χ4v) is 13.6. The largest absolute Gasteiger partial charge is 0.394 e. The van der Waals surface area contributed by atoms with Crippen LogP contribution in [0, 0.1) is 0 Å². The first-order chi connectivity index (χ1) is 48.6. The van der Waals surface area contributed by atoms with Gasteiger partial charge in [-0.2, -0.15) is 0 Å².